The van der Waals surface area contributed by atoms with Crippen molar-refractivity contribution in [3.8, 4) is 0 Å². The lowest BCUT2D eigenvalue weighted by Gasteiger charge is -2.25. The van der Waals surface area contributed by atoms with Crippen LogP contribution < -0.4 is 9.62 Å². The van der Waals surface area contributed by atoms with Crippen LogP contribution in [0.3, 0.4) is 0 Å². The van der Waals surface area contributed by atoms with Crippen molar-refractivity contribution in [1.29, 1.82) is 0 Å². The van der Waals surface area contributed by atoms with Crippen molar-refractivity contribution >= 4 is 56.6 Å². The third kappa shape index (κ3) is 6.45. The number of thioether (sulfide) groups is 1. The third-order valence-electron chi connectivity index (χ3n) is 4.47. The lowest BCUT2D eigenvalue weighted by atomic mass is 10.2. The Morgan fingerprint density at radius 1 is 1.12 bits per heavy atom. The van der Waals surface area contributed by atoms with Crippen LogP contribution in [0, 0.1) is 6.92 Å². The van der Waals surface area contributed by atoms with Gasteiger partial charge in [0, 0.05) is 17.3 Å². The van der Waals surface area contributed by atoms with E-state index in [9.17, 15) is 13.2 Å². The molecule has 2 aromatic carbocycles. The molecule has 0 saturated carbocycles. The van der Waals surface area contributed by atoms with E-state index in [1.807, 2.05) is 19.1 Å². The Bertz CT molecular complexity index is 1150. The van der Waals surface area contributed by atoms with Crippen molar-refractivity contribution in [3.05, 3.63) is 82.2 Å². The number of carbonyl (C=O) groups is 1. The number of amides is 1. The molecule has 0 spiro atoms. The van der Waals surface area contributed by atoms with Gasteiger partial charge in [0.15, 0.2) is 0 Å². The molecule has 1 aromatic heterocycles. The lowest BCUT2D eigenvalue weighted by Crippen LogP contribution is -2.41. The second kappa shape index (κ2) is 11.1. The summed E-state index contributed by atoms with van der Waals surface area (Å²) in [6.07, 6.45) is 1.61. The first kappa shape index (κ1) is 24.5. The van der Waals surface area contributed by atoms with E-state index >= 15 is 0 Å². The molecule has 0 aliphatic rings. The van der Waals surface area contributed by atoms with Crippen LogP contribution in [0.4, 0.5) is 5.69 Å². The molecular formula is C22H22Cl2N2O4S2. The van der Waals surface area contributed by atoms with Crippen LogP contribution in [-0.4, -0.2) is 33.2 Å². The molecular weight excluding hydrogens is 491 g/mol. The molecule has 0 bridgehead atoms. The highest BCUT2D eigenvalue weighted by Gasteiger charge is 2.29. The summed E-state index contributed by atoms with van der Waals surface area (Å²) in [5, 5.41) is 3.24. The molecule has 0 radical (unpaired) electrons. The van der Waals surface area contributed by atoms with Gasteiger partial charge >= 0.3 is 0 Å². The standard InChI is InChI=1S/C22H22Cl2N2O4S2/c1-16-4-7-19(8-5-16)32(28,29)26(21-13-17(23)6-9-20(21)24)14-22(27)25-10-12-31-15-18-3-2-11-30-18/h2-9,11,13H,10,12,14-15H2,1H3,(H,25,27). The summed E-state index contributed by atoms with van der Waals surface area (Å²) in [5.74, 6) is 1.74. The number of nitrogens with one attached hydrogen (secondary N) is 1. The van der Waals surface area contributed by atoms with Crippen LogP contribution in [0.15, 0.2) is 70.2 Å². The molecule has 1 heterocycles. The van der Waals surface area contributed by atoms with Gasteiger partial charge in [-0.1, -0.05) is 40.9 Å². The van der Waals surface area contributed by atoms with E-state index in [-0.39, 0.29) is 15.6 Å². The van der Waals surface area contributed by atoms with Crippen molar-refractivity contribution in [2.75, 3.05) is 23.1 Å². The van der Waals surface area contributed by atoms with Crippen molar-refractivity contribution in [2.45, 2.75) is 17.6 Å². The number of carbonyl (C=O) groups excluding carboxylic acids is 1. The average Bonchev–Trinajstić information content (AvgIpc) is 3.27. The summed E-state index contributed by atoms with van der Waals surface area (Å²) < 4.78 is 33.0. The minimum atomic E-state index is -4.06. The van der Waals surface area contributed by atoms with Gasteiger partial charge in [0.05, 0.1) is 27.6 Å². The van der Waals surface area contributed by atoms with Crippen LogP contribution in [0.2, 0.25) is 10.0 Å². The highest BCUT2D eigenvalue weighted by atomic mass is 35.5. The molecule has 0 atom stereocenters. The van der Waals surface area contributed by atoms with E-state index in [0.29, 0.717) is 23.1 Å². The number of hydrogen-bond acceptors (Lipinski definition) is 5. The van der Waals surface area contributed by atoms with Crippen molar-refractivity contribution in [3.63, 3.8) is 0 Å². The zero-order valence-electron chi connectivity index (χ0n) is 17.3. The SMILES string of the molecule is Cc1ccc(S(=O)(=O)N(CC(=O)NCCSCc2ccco2)c2cc(Cl)ccc2Cl)cc1. The van der Waals surface area contributed by atoms with Crippen molar-refractivity contribution < 1.29 is 17.6 Å². The van der Waals surface area contributed by atoms with Gasteiger partial charge < -0.3 is 9.73 Å². The Hall–Kier alpha value is -2.13. The molecule has 3 rings (SSSR count). The fourth-order valence-corrected chi connectivity index (χ4v) is 5.45. The Morgan fingerprint density at radius 2 is 1.88 bits per heavy atom. The summed E-state index contributed by atoms with van der Waals surface area (Å²) in [6, 6.07) is 14.6. The molecule has 0 aliphatic carbocycles. The van der Waals surface area contributed by atoms with E-state index < -0.39 is 22.5 Å². The number of nitrogens with zero attached hydrogens (tertiary/aromatic N) is 1. The fourth-order valence-electron chi connectivity index (χ4n) is 2.83. The van der Waals surface area contributed by atoms with E-state index in [2.05, 4.69) is 5.32 Å². The smallest absolute Gasteiger partial charge is 0.264 e. The van der Waals surface area contributed by atoms with Crippen molar-refractivity contribution in [2.24, 2.45) is 0 Å². The minimum Gasteiger partial charge on any atom is -0.468 e. The van der Waals surface area contributed by atoms with Gasteiger partial charge in [0.1, 0.15) is 12.3 Å². The van der Waals surface area contributed by atoms with Gasteiger partial charge in [-0.05, 0) is 49.4 Å². The number of benzene rings is 2. The molecule has 170 valence electrons. The molecule has 6 nitrogen and oxygen atoms in total. The molecule has 1 N–H and O–H groups in total. The normalized spacial score (nSPS) is 11.3. The average molecular weight is 513 g/mol. The first-order valence-corrected chi connectivity index (χ1v) is 13.0. The lowest BCUT2D eigenvalue weighted by molar-refractivity contribution is -0.119. The van der Waals surface area contributed by atoms with Gasteiger partial charge in [0.25, 0.3) is 10.0 Å². The number of anilines is 1. The van der Waals surface area contributed by atoms with Gasteiger partial charge in [0.2, 0.25) is 5.91 Å². The fraction of sp³-hybridized carbons (Fsp3) is 0.227. The number of hydrogen-bond donors (Lipinski definition) is 1. The maximum absolute atomic E-state index is 13.4. The predicted molar refractivity (Wildman–Crippen MR) is 130 cm³/mol. The molecule has 1 amide bonds. The van der Waals surface area contributed by atoms with Gasteiger partial charge in [-0.2, -0.15) is 11.8 Å². The van der Waals surface area contributed by atoms with Gasteiger partial charge in [-0.25, -0.2) is 8.42 Å². The van der Waals surface area contributed by atoms with E-state index in [1.165, 1.54) is 24.3 Å². The maximum atomic E-state index is 13.4. The Balaban J connectivity index is 1.73. The van der Waals surface area contributed by atoms with Gasteiger partial charge in [-0.15, -0.1) is 0 Å². The minimum absolute atomic E-state index is 0.0564. The third-order valence-corrected chi connectivity index (χ3v) is 7.78. The molecule has 3 aromatic rings. The summed E-state index contributed by atoms with van der Waals surface area (Å²) >= 11 is 14.0. The summed E-state index contributed by atoms with van der Waals surface area (Å²) in [7, 11) is -4.06. The Kier molecular flexibility index (Phi) is 8.53. The monoisotopic (exact) mass is 512 g/mol. The zero-order chi connectivity index (χ0) is 23.1. The first-order chi connectivity index (χ1) is 15.3. The molecule has 10 heteroatoms. The molecule has 32 heavy (non-hydrogen) atoms. The number of sulfonamides is 1. The van der Waals surface area contributed by atoms with E-state index in [1.54, 1.807) is 36.2 Å². The van der Waals surface area contributed by atoms with Crippen molar-refractivity contribution in [1.82, 2.24) is 5.32 Å². The molecule has 0 fully saturated rings. The largest absolute Gasteiger partial charge is 0.468 e. The number of rotatable bonds is 10. The molecule has 0 aliphatic heterocycles. The van der Waals surface area contributed by atoms with E-state index in [4.69, 9.17) is 27.6 Å². The summed E-state index contributed by atoms with van der Waals surface area (Å²) in [6.45, 7) is 1.81. The summed E-state index contributed by atoms with van der Waals surface area (Å²) in [4.78, 5) is 12.7. The van der Waals surface area contributed by atoms with Gasteiger partial charge in [-0.3, -0.25) is 9.10 Å². The second-order valence-corrected chi connectivity index (χ2v) is 10.7. The number of aryl methyl sites for hydroxylation is 1. The highest BCUT2D eigenvalue weighted by Crippen LogP contribution is 2.33. The maximum Gasteiger partial charge on any atom is 0.264 e. The second-order valence-electron chi connectivity index (χ2n) is 6.90. The van der Waals surface area contributed by atoms with Crippen LogP contribution >= 0.6 is 35.0 Å². The molecule has 0 saturated heterocycles. The number of halogens is 2. The van der Waals surface area contributed by atoms with Crippen LogP contribution in [0.25, 0.3) is 0 Å². The van der Waals surface area contributed by atoms with Crippen LogP contribution in [-0.2, 0) is 20.6 Å². The van der Waals surface area contributed by atoms with E-state index in [0.717, 1.165) is 15.6 Å². The molecule has 0 unspecified atom stereocenters. The Morgan fingerprint density at radius 3 is 2.56 bits per heavy atom. The highest BCUT2D eigenvalue weighted by molar-refractivity contribution is 7.98. The first-order valence-electron chi connectivity index (χ1n) is 9.68. The topological polar surface area (TPSA) is 79.6 Å². The zero-order valence-corrected chi connectivity index (χ0v) is 20.4. The quantitative estimate of drug-likeness (QED) is 0.380. The van der Waals surface area contributed by atoms with Crippen LogP contribution in [0.1, 0.15) is 11.3 Å². The predicted octanol–water partition coefficient (Wildman–Crippen LogP) is 5.14. The number of furan rings is 1. The summed E-state index contributed by atoms with van der Waals surface area (Å²) in [5.41, 5.74) is 1.06. The van der Waals surface area contributed by atoms with Crippen LogP contribution in [0.5, 0.6) is 0 Å². The Labute approximate surface area is 201 Å².